The molecule has 2 aliphatic rings. The number of hydrogen-bond acceptors (Lipinski definition) is 4. The van der Waals surface area contributed by atoms with Crippen molar-refractivity contribution >= 4 is 11.8 Å². The third kappa shape index (κ3) is 2.69. The van der Waals surface area contributed by atoms with E-state index in [2.05, 4.69) is 16.5 Å². The van der Waals surface area contributed by atoms with Crippen molar-refractivity contribution in [2.75, 3.05) is 25.2 Å². The van der Waals surface area contributed by atoms with Crippen LogP contribution in [-0.2, 0) is 11.8 Å². The smallest absolute Gasteiger partial charge is 0.0796 e. The maximum Gasteiger partial charge on any atom is 0.0796 e. The summed E-state index contributed by atoms with van der Waals surface area (Å²) in [5, 5.41) is 8.05. The Morgan fingerprint density at radius 2 is 2.53 bits per heavy atom. The van der Waals surface area contributed by atoms with Gasteiger partial charge in [-0.15, -0.1) is 0 Å². The van der Waals surface area contributed by atoms with Gasteiger partial charge < -0.3 is 10.1 Å². The summed E-state index contributed by atoms with van der Waals surface area (Å²) in [4.78, 5) is 0. The van der Waals surface area contributed by atoms with Gasteiger partial charge in [0.2, 0.25) is 0 Å². The molecule has 0 amide bonds. The van der Waals surface area contributed by atoms with Gasteiger partial charge in [-0.1, -0.05) is 0 Å². The lowest BCUT2D eigenvalue weighted by Crippen LogP contribution is -2.43. The molecule has 106 valence electrons. The topological polar surface area (TPSA) is 39.1 Å². The Bertz CT molecular complexity index is 428. The molecule has 0 aliphatic carbocycles. The van der Waals surface area contributed by atoms with E-state index < -0.39 is 0 Å². The molecule has 3 atom stereocenters. The van der Waals surface area contributed by atoms with Crippen molar-refractivity contribution in [1.29, 1.82) is 0 Å². The standard InChI is InChI=1S/C14H23N3OS/c1-15-13(12-3-6-17(2)16-12)11-4-7-18-14(9-11)5-8-19-10-14/h3,6,11,13,15H,4-5,7-10H2,1-2H3. The molecule has 19 heavy (non-hydrogen) atoms. The fourth-order valence-corrected chi connectivity index (χ4v) is 4.82. The van der Waals surface area contributed by atoms with Crippen LogP contribution in [0.4, 0.5) is 0 Å². The zero-order valence-electron chi connectivity index (χ0n) is 11.8. The molecular formula is C14H23N3OS. The first kappa shape index (κ1) is 13.5. The van der Waals surface area contributed by atoms with Crippen LogP contribution in [0.15, 0.2) is 12.3 Å². The van der Waals surface area contributed by atoms with Crippen LogP contribution < -0.4 is 5.32 Å². The van der Waals surface area contributed by atoms with Crippen molar-refractivity contribution in [3.8, 4) is 0 Å². The van der Waals surface area contributed by atoms with E-state index in [4.69, 9.17) is 4.74 Å². The van der Waals surface area contributed by atoms with Crippen LogP contribution in [-0.4, -0.2) is 40.5 Å². The normalized spacial score (nSPS) is 32.8. The van der Waals surface area contributed by atoms with Gasteiger partial charge in [0.25, 0.3) is 0 Å². The SMILES string of the molecule is CNC(c1ccn(C)n1)C1CCOC2(CCSC2)C1. The van der Waals surface area contributed by atoms with Crippen LogP contribution in [0, 0.1) is 5.92 Å². The summed E-state index contributed by atoms with van der Waals surface area (Å²) in [5.74, 6) is 3.05. The molecule has 2 saturated heterocycles. The highest BCUT2D eigenvalue weighted by Crippen LogP contribution is 2.43. The average Bonchev–Trinajstić information content (AvgIpc) is 3.01. The summed E-state index contributed by atoms with van der Waals surface area (Å²) in [6, 6.07) is 2.49. The number of nitrogens with zero attached hydrogens (tertiary/aromatic N) is 2. The molecule has 4 nitrogen and oxygen atoms in total. The van der Waals surface area contributed by atoms with Crippen molar-refractivity contribution in [1.82, 2.24) is 15.1 Å². The van der Waals surface area contributed by atoms with Crippen molar-refractivity contribution in [3.63, 3.8) is 0 Å². The minimum absolute atomic E-state index is 0.150. The van der Waals surface area contributed by atoms with E-state index in [1.54, 1.807) is 0 Å². The summed E-state index contributed by atoms with van der Waals surface area (Å²) in [6.07, 6.45) is 5.55. The average molecular weight is 281 g/mol. The number of aromatic nitrogens is 2. The third-order valence-electron chi connectivity index (χ3n) is 4.43. The minimum Gasteiger partial charge on any atom is -0.374 e. The highest BCUT2D eigenvalue weighted by atomic mass is 32.2. The highest BCUT2D eigenvalue weighted by Gasteiger charge is 2.42. The van der Waals surface area contributed by atoms with Crippen molar-refractivity contribution in [2.24, 2.45) is 13.0 Å². The highest BCUT2D eigenvalue weighted by molar-refractivity contribution is 7.99. The van der Waals surface area contributed by atoms with E-state index in [1.165, 1.54) is 24.3 Å². The van der Waals surface area contributed by atoms with E-state index >= 15 is 0 Å². The fourth-order valence-electron chi connectivity index (χ4n) is 3.44. The molecule has 1 spiro atoms. The molecular weight excluding hydrogens is 258 g/mol. The van der Waals surface area contributed by atoms with E-state index in [9.17, 15) is 0 Å². The molecule has 2 aliphatic heterocycles. The number of thioether (sulfide) groups is 1. The minimum atomic E-state index is 0.150. The molecule has 0 saturated carbocycles. The number of aryl methyl sites for hydroxylation is 1. The summed E-state index contributed by atoms with van der Waals surface area (Å²) < 4.78 is 8.01. The van der Waals surface area contributed by atoms with Gasteiger partial charge in [0.1, 0.15) is 0 Å². The molecule has 0 aromatic carbocycles. The summed E-state index contributed by atoms with van der Waals surface area (Å²) in [5.41, 5.74) is 1.31. The fraction of sp³-hybridized carbons (Fsp3) is 0.786. The number of hydrogen-bond donors (Lipinski definition) is 1. The largest absolute Gasteiger partial charge is 0.374 e. The number of ether oxygens (including phenoxy) is 1. The van der Waals surface area contributed by atoms with Gasteiger partial charge >= 0.3 is 0 Å². The van der Waals surface area contributed by atoms with E-state index in [-0.39, 0.29) is 5.60 Å². The second kappa shape index (κ2) is 5.46. The molecule has 1 aromatic rings. The van der Waals surface area contributed by atoms with Crippen molar-refractivity contribution in [3.05, 3.63) is 18.0 Å². The number of nitrogens with one attached hydrogen (secondary N) is 1. The lowest BCUT2D eigenvalue weighted by molar-refractivity contribution is -0.0852. The predicted molar refractivity (Wildman–Crippen MR) is 78.4 cm³/mol. The van der Waals surface area contributed by atoms with E-state index in [0.29, 0.717) is 12.0 Å². The van der Waals surface area contributed by atoms with Crippen LogP contribution >= 0.6 is 11.8 Å². The predicted octanol–water partition coefficient (Wildman–Crippen LogP) is 1.98. The zero-order valence-corrected chi connectivity index (χ0v) is 12.6. The van der Waals surface area contributed by atoms with E-state index in [0.717, 1.165) is 18.7 Å². The van der Waals surface area contributed by atoms with Crippen LogP contribution in [0.3, 0.4) is 0 Å². The second-order valence-corrected chi connectivity index (χ2v) is 6.87. The summed E-state index contributed by atoms with van der Waals surface area (Å²) >= 11 is 2.04. The molecule has 3 heterocycles. The first-order valence-electron chi connectivity index (χ1n) is 7.11. The van der Waals surface area contributed by atoms with Gasteiger partial charge in [-0.05, 0) is 44.0 Å². The van der Waals surface area contributed by atoms with Gasteiger partial charge in [0, 0.05) is 25.6 Å². The van der Waals surface area contributed by atoms with Gasteiger partial charge in [0.15, 0.2) is 0 Å². The number of rotatable bonds is 3. The van der Waals surface area contributed by atoms with E-state index in [1.807, 2.05) is 36.7 Å². The lowest BCUT2D eigenvalue weighted by Gasteiger charge is -2.40. The van der Waals surface area contributed by atoms with Gasteiger partial charge in [-0.2, -0.15) is 16.9 Å². The Morgan fingerprint density at radius 1 is 1.63 bits per heavy atom. The molecule has 1 N–H and O–H groups in total. The molecule has 1 aromatic heterocycles. The Hall–Kier alpha value is -0.520. The molecule has 5 heteroatoms. The van der Waals surface area contributed by atoms with Crippen molar-refractivity contribution in [2.45, 2.75) is 30.9 Å². The lowest BCUT2D eigenvalue weighted by atomic mass is 9.80. The monoisotopic (exact) mass is 281 g/mol. The van der Waals surface area contributed by atoms with Crippen LogP contribution in [0.2, 0.25) is 0 Å². The summed E-state index contributed by atoms with van der Waals surface area (Å²) in [7, 11) is 4.03. The van der Waals surface area contributed by atoms with Crippen LogP contribution in [0.5, 0.6) is 0 Å². The molecule has 0 radical (unpaired) electrons. The van der Waals surface area contributed by atoms with Gasteiger partial charge in [-0.25, -0.2) is 0 Å². The molecule has 3 rings (SSSR count). The maximum absolute atomic E-state index is 6.12. The Kier molecular flexibility index (Phi) is 3.87. The van der Waals surface area contributed by atoms with Gasteiger partial charge in [-0.3, -0.25) is 4.68 Å². The molecule has 0 bridgehead atoms. The molecule has 2 fully saturated rings. The first-order chi connectivity index (χ1) is 9.22. The first-order valence-corrected chi connectivity index (χ1v) is 8.26. The quantitative estimate of drug-likeness (QED) is 0.919. The van der Waals surface area contributed by atoms with Crippen LogP contribution in [0.1, 0.15) is 31.0 Å². The molecule has 3 unspecified atom stereocenters. The summed E-state index contributed by atoms with van der Waals surface area (Å²) in [6.45, 7) is 0.899. The zero-order chi connectivity index (χ0) is 13.3. The Morgan fingerprint density at radius 3 is 3.16 bits per heavy atom. The third-order valence-corrected chi connectivity index (χ3v) is 5.66. The van der Waals surface area contributed by atoms with Crippen LogP contribution in [0.25, 0.3) is 0 Å². The Labute approximate surface area is 119 Å². The maximum atomic E-state index is 6.12. The van der Waals surface area contributed by atoms with Gasteiger partial charge in [0.05, 0.1) is 17.3 Å². The Balaban J connectivity index is 1.76. The second-order valence-electron chi connectivity index (χ2n) is 5.77. The van der Waals surface area contributed by atoms with Crippen molar-refractivity contribution < 1.29 is 4.74 Å².